The molecule has 184 valence electrons. The third kappa shape index (κ3) is 5.20. The molecule has 1 atom stereocenters. The van der Waals surface area contributed by atoms with Gasteiger partial charge >= 0.3 is 12.1 Å². The fourth-order valence-corrected chi connectivity index (χ4v) is 4.34. The number of amides is 1. The monoisotopic (exact) mass is 484 g/mol. The van der Waals surface area contributed by atoms with E-state index in [4.69, 9.17) is 9.47 Å². The minimum absolute atomic E-state index is 0.221. The van der Waals surface area contributed by atoms with Crippen LogP contribution >= 0.6 is 0 Å². The highest BCUT2D eigenvalue weighted by Gasteiger charge is 2.26. The Labute approximate surface area is 209 Å². The fraction of sp³-hybridized carbons (Fsp3) is 0.241. The lowest BCUT2D eigenvalue weighted by Crippen LogP contribution is -2.45. The molecule has 0 radical (unpaired) electrons. The Morgan fingerprint density at radius 2 is 1.67 bits per heavy atom. The van der Waals surface area contributed by atoms with Gasteiger partial charge in [-0.1, -0.05) is 48.5 Å². The number of hydrogen-bond donors (Lipinski definition) is 1. The molecule has 0 aliphatic rings. The van der Waals surface area contributed by atoms with Crippen LogP contribution in [-0.4, -0.2) is 42.1 Å². The number of carbonyl (C=O) groups is 3. The van der Waals surface area contributed by atoms with Crippen molar-refractivity contribution in [2.75, 3.05) is 7.11 Å². The number of aromatic nitrogens is 1. The summed E-state index contributed by atoms with van der Waals surface area (Å²) < 4.78 is 10.3. The number of benzene rings is 3. The van der Waals surface area contributed by atoms with Crippen LogP contribution in [0.3, 0.4) is 0 Å². The molecule has 0 saturated carbocycles. The minimum atomic E-state index is -0.920. The second-order valence-electron chi connectivity index (χ2n) is 9.49. The quantitative estimate of drug-likeness (QED) is 0.288. The maximum absolute atomic E-state index is 12.5. The zero-order chi connectivity index (χ0) is 25.9. The summed E-state index contributed by atoms with van der Waals surface area (Å²) in [7, 11) is 1.29. The molecule has 36 heavy (non-hydrogen) atoms. The van der Waals surface area contributed by atoms with Crippen LogP contribution in [0.15, 0.2) is 67.0 Å². The Bertz CT molecular complexity index is 1460. The van der Waals surface area contributed by atoms with Crippen molar-refractivity contribution >= 4 is 39.9 Å². The summed E-state index contributed by atoms with van der Waals surface area (Å²) in [5, 5.41) is 6.26. The Hall–Kier alpha value is -4.26. The molecule has 0 saturated heterocycles. The van der Waals surface area contributed by atoms with E-state index in [1.54, 1.807) is 33.2 Å². The lowest BCUT2D eigenvalue weighted by Gasteiger charge is -2.23. The van der Waals surface area contributed by atoms with Crippen LogP contribution in [0.5, 0.6) is 0 Å². The normalized spacial score (nSPS) is 12.2. The van der Waals surface area contributed by atoms with Crippen LogP contribution in [0, 0.1) is 0 Å². The van der Waals surface area contributed by atoms with Crippen molar-refractivity contribution in [2.24, 2.45) is 0 Å². The molecular weight excluding hydrogens is 456 g/mol. The van der Waals surface area contributed by atoms with Gasteiger partial charge in [0.1, 0.15) is 11.6 Å². The number of carbonyl (C=O) groups excluding carboxylic acids is 3. The molecule has 4 aromatic rings. The highest BCUT2D eigenvalue weighted by Crippen LogP contribution is 2.35. The van der Waals surface area contributed by atoms with Crippen molar-refractivity contribution in [1.82, 2.24) is 10.3 Å². The number of ether oxygens (including phenoxy) is 2. The Morgan fingerprint density at radius 1 is 0.944 bits per heavy atom. The standard InChI is InChI=1S/C29H28N2O5/c1-29(2,3)36-28(34)31-26(27(33)35-4)15-18-7-5-9-22-20(18)8-6-10-23(22)24-12-11-19(17-32)21-13-14-30-16-25(21)24/h5-14,16-17,26H,15H2,1-4H3,(H,31,34)/t26-/m0/s1. The van der Waals surface area contributed by atoms with E-state index in [1.807, 2.05) is 54.6 Å². The molecule has 3 aromatic carbocycles. The van der Waals surface area contributed by atoms with Gasteiger partial charge in [0, 0.05) is 29.8 Å². The van der Waals surface area contributed by atoms with E-state index in [-0.39, 0.29) is 6.42 Å². The van der Waals surface area contributed by atoms with Gasteiger partial charge in [-0.25, -0.2) is 9.59 Å². The number of esters is 1. The predicted molar refractivity (Wildman–Crippen MR) is 139 cm³/mol. The number of alkyl carbamates (subject to hydrolysis) is 1. The van der Waals surface area contributed by atoms with Gasteiger partial charge in [-0.2, -0.15) is 0 Å². The lowest BCUT2D eigenvalue weighted by molar-refractivity contribution is -0.143. The number of nitrogens with zero attached hydrogens (tertiary/aromatic N) is 1. The average molecular weight is 485 g/mol. The maximum atomic E-state index is 12.5. The summed E-state index contributed by atoms with van der Waals surface area (Å²) in [6, 6.07) is 16.5. The van der Waals surface area contributed by atoms with E-state index in [1.165, 1.54) is 7.11 Å². The summed E-state index contributed by atoms with van der Waals surface area (Å²) in [5.41, 5.74) is 2.69. The molecule has 0 unspecified atom stereocenters. The molecule has 0 bridgehead atoms. The summed E-state index contributed by atoms with van der Waals surface area (Å²) in [6.45, 7) is 5.27. The Morgan fingerprint density at radius 3 is 2.39 bits per heavy atom. The van der Waals surface area contributed by atoms with Crippen LogP contribution in [0.25, 0.3) is 32.7 Å². The average Bonchev–Trinajstić information content (AvgIpc) is 2.86. The van der Waals surface area contributed by atoms with Crippen LogP contribution in [0.1, 0.15) is 36.7 Å². The van der Waals surface area contributed by atoms with Crippen molar-refractivity contribution in [2.45, 2.75) is 38.8 Å². The molecule has 1 amide bonds. The predicted octanol–water partition coefficient (Wildman–Crippen LogP) is 5.48. The lowest BCUT2D eigenvalue weighted by atomic mass is 9.90. The molecule has 7 nitrogen and oxygen atoms in total. The van der Waals surface area contributed by atoms with Crippen LogP contribution in [-0.2, 0) is 20.7 Å². The van der Waals surface area contributed by atoms with Crippen molar-refractivity contribution in [3.05, 3.63) is 78.1 Å². The molecule has 1 heterocycles. The van der Waals surface area contributed by atoms with Gasteiger partial charge in [0.25, 0.3) is 0 Å². The first-order valence-electron chi connectivity index (χ1n) is 11.6. The SMILES string of the molecule is COC(=O)[C@H](Cc1cccc2c(-c3ccc(C=O)c4ccncc34)cccc12)NC(=O)OC(C)(C)C. The van der Waals surface area contributed by atoms with E-state index >= 15 is 0 Å². The van der Waals surface area contributed by atoms with Crippen molar-refractivity contribution < 1.29 is 23.9 Å². The molecular formula is C29H28N2O5. The summed E-state index contributed by atoms with van der Waals surface area (Å²) in [5.74, 6) is -0.560. The molecule has 4 rings (SSSR count). The zero-order valence-electron chi connectivity index (χ0n) is 20.7. The zero-order valence-corrected chi connectivity index (χ0v) is 20.7. The van der Waals surface area contributed by atoms with Crippen LogP contribution in [0.4, 0.5) is 4.79 Å². The second-order valence-corrected chi connectivity index (χ2v) is 9.49. The van der Waals surface area contributed by atoms with Crippen molar-refractivity contribution in [3.8, 4) is 11.1 Å². The Kier molecular flexibility index (Phi) is 7.01. The van der Waals surface area contributed by atoms with Gasteiger partial charge in [0.2, 0.25) is 0 Å². The van der Waals surface area contributed by atoms with E-state index in [0.29, 0.717) is 5.56 Å². The van der Waals surface area contributed by atoms with Crippen molar-refractivity contribution in [1.29, 1.82) is 0 Å². The third-order valence-corrected chi connectivity index (χ3v) is 5.88. The molecule has 1 aromatic heterocycles. The van der Waals surface area contributed by atoms with E-state index < -0.39 is 23.7 Å². The number of aldehydes is 1. The van der Waals surface area contributed by atoms with Gasteiger partial charge in [0.15, 0.2) is 6.29 Å². The third-order valence-electron chi connectivity index (χ3n) is 5.88. The van der Waals surface area contributed by atoms with Crippen molar-refractivity contribution in [3.63, 3.8) is 0 Å². The van der Waals surface area contributed by atoms with E-state index in [2.05, 4.69) is 10.3 Å². The van der Waals surface area contributed by atoms with Gasteiger partial charge in [-0.3, -0.25) is 9.78 Å². The number of hydrogen-bond acceptors (Lipinski definition) is 6. The first kappa shape index (κ1) is 24.9. The molecule has 0 spiro atoms. The number of pyridine rings is 1. The summed E-state index contributed by atoms with van der Waals surface area (Å²) in [6.07, 6.45) is 3.81. The van der Waals surface area contributed by atoms with Crippen LogP contribution < -0.4 is 5.32 Å². The van der Waals surface area contributed by atoms with Gasteiger partial charge in [-0.15, -0.1) is 0 Å². The number of fused-ring (bicyclic) bond motifs is 2. The molecule has 7 heteroatoms. The Balaban J connectivity index is 1.77. The number of rotatable bonds is 6. The first-order chi connectivity index (χ1) is 17.2. The second kappa shape index (κ2) is 10.2. The van der Waals surface area contributed by atoms with Gasteiger partial charge in [-0.05, 0) is 59.7 Å². The largest absolute Gasteiger partial charge is 0.467 e. The summed E-state index contributed by atoms with van der Waals surface area (Å²) >= 11 is 0. The van der Waals surface area contributed by atoms with E-state index in [9.17, 15) is 14.4 Å². The van der Waals surface area contributed by atoms with Gasteiger partial charge in [0.05, 0.1) is 7.11 Å². The number of nitrogens with one attached hydrogen (secondary N) is 1. The fourth-order valence-electron chi connectivity index (χ4n) is 4.34. The molecule has 0 aliphatic carbocycles. The molecule has 0 aliphatic heterocycles. The molecule has 1 N–H and O–H groups in total. The smallest absolute Gasteiger partial charge is 0.408 e. The maximum Gasteiger partial charge on any atom is 0.408 e. The van der Waals surface area contributed by atoms with Crippen LogP contribution in [0.2, 0.25) is 0 Å². The first-order valence-corrected chi connectivity index (χ1v) is 11.6. The summed E-state index contributed by atoms with van der Waals surface area (Å²) in [4.78, 5) is 40.7. The minimum Gasteiger partial charge on any atom is -0.467 e. The topological polar surface area (TPSA) is 94.6 Å². The highest BCUT2D eigenvalue weighted by atomic mass is 16.6. The highest BCUT2D eigenvalue weighted by molar-refractivity contribution is 6.09. The van der Waals surface area contributed by atoms with E-state index in [0.717, 1.165) is 44.5 Å². The number of methoxy groups -OCH3 is 1. The van der Waals surface area contributed by atoms with Gasteiger partial charge < -0.3 is 14.8 Å². The molecule has 0 fully saturated rings.